The second-order valence-electron chi connectivity index (χ2n) is 6.91. The molecule has 5 rings (SSSR count). The normalized spacial score (nSPS) is 13.1. The molecule has 1 aliphatic rings. The Morgan fingerprint density at radius 1 is 1.04 bits per heavy atom. The average Bonchev–Trinajstić information content (AvgIpc) is 3.33. The maximum atomic E-state index is 13.1. The lowest BCUT2D eigenvalue weighted by molar-refractivity contribution is 0.0989. The topological polar surface area (TPSA) is 51.0 Å². The third-order valence-electron chi connectivity index (χ3n) is 5.14. The van der Waals surface area contributed by atoms with Gasteiger partial charge in [-0.15, -0.1) is 5.10 Å². The van der Waals surface area contributed by atoms with Gasteiger partial charge in [0.05, 0.1) is 12.1 Å². The molecule has 1 aromatic heterocycles. The summed E-state index contributed by atoms with van der Waals surface area (Å²) in [6, 6.07) is 19.8. The van der Waals surface area contributed by atoms with E-state index < -0.39 is 0 Å². The monoisotopic (exact) mass is 372 g/mol. The summed E-state index contributed by atoms with van der Waals surface area (Å²) in [5.74, 6) is -0.293. The standard InChI is InChI=1S/C22H17FN4O/c23-18-8-5-15(6-9-18)14-27-21-10-7-17(13-19(21)24-25-27)22(28)26-12-11-16-3-1-2-4-20(16)26/h1-10,13H,11-12,14H2. The molecule has 6 heteroatoms. The van der Waals surface area contributed by atoms with Crippen molar-refractivity contribution in [1.29, 1.82) is 0 Å². The Morgan fingerprint density at radius 3 is 2.71 bits per heavy atom. The van der Waals surface area contributed by atoms with Crippen molar-refractivity contribution >= 4 is 22.6 Å². The third kappa shape index (κ3) is 2.83. The van der Waals surface area contributed by atoms with E-state index in [4.69, 9.17) is 0 Å². The van der Waals surface area contributed by atoms with E-state index in [1.54, 1.807) is 22.9 Å². The molecule has 1 aliphatic heterocycles. The second-order valence-corrected chi connectivity index (χ2v) is 6.91. The molecule has 0 saturated carbocycles. The molecule has 0 atom stereocenters. The van der Waals surface area contributed by atoms with Crippen molar-refractivity contribution < 1.29 is 9.18 Å². The highest BCUT2D eigenvalue weighted by atomic mass is 19.1. The van der Waals surface area contributed by atoms with E-state index in [-0.39, 0.29) is 11.7 Å². The van der Waals surface area contributed by atoms with Gasteiger partial charge in [-0.25, -0.2) is 9.07 Å². The van der Waals surface area contributed by atoms with Crippen molar-refractivity contribution in [2.24, 2.45) is 0 Å². The molecule has 28 heavy (non-hydrogen) atoms. The summed E-state index contributed by atoms with van der Waals surface area (Å²) in [4.78, 5) is 14.8. The van der Waals surface area contributed by atoms with Gasteiger partial charge in [0, 0.05) is 17.8 Å². The smallest absolute Gasteiger partial charge is 0.258 e. The number of nitrogens with zero attached hydrogens (tertiary/aromatic N) is 4. The van der Waals surface area contributed by atoms with Crippen molar-refractivity contribution in [2.75, 3.05) is 11.4 Å². The molecule has 0 aliphatic carbocycles. The zero-order valence-corrected chi connectivity index (χ0v) is 15.0. The molecule has 0 fully saturated rings. The van der Waals surface area contributed by atoms with Gasteiger partial charge >= 0.3 is 0 Å². The molecule has 0 N–H and O–H groups in total. The maximum Gasteiger partial charge on any atom is 0.258 e. The Kier molecular flexibility index (Phi) is 3.90. The Bertz CT molecular complexity index is 1180. The minimum absolute atomic E-state index is 0.0278. The number of hydrogen-bond donors (Lipinski definition) is 0. The number of hydrogen-bond acceptors (Lipinski definition) is 3. The molecule has 0 unspecified atom stereocenters. The SMILES string of the molecule is O=C(c1ccc2c(c1)nnn2Cc1ccc(F)cc1)N1CCc2ccccc21. The van der Waals surface area contributed by atoms with Crippen LogP contribution in [-0.2, 0) is 13.0 Å². The minimum Gasteiger partial charge on any atom is -0.308 e. The van der Waals surface area contributed by atoms with Gasteiger partial charge in [-0.1, -0.05) is 35.5 Å². The van der Waals surface area contributed by atoms with Crippen LogP contribution in [0.3, 0.4) is 0 Å². The van der Waals surface area contributed by atoms with Gasteiger partial charge in [-0.05, 0) is 53.9 Å². The molecule has 5 nitrogen and oxygen atoms in total. The summed E-state index contributed by atoms with van der Waals surface area (Å²) in [6.07, 6.45) is 0.873. The van der Waals surface area contributed by atoms with Crippen LogP contribution in [0.4, 0.5) is 10.1 Å². The lowest BCUT2D eigenvalue weighted by Crippen LogP contribution is -2.28. The highest BCUT2D eigenvalue weighted by Gasteiger charge is 2.25. The van der Waals surface area contributed by atoms with E-state index in [1.807, 2.05) is 35.2 Å². The Balaban J connectivity index is 1.43. The Hall–Kier alpha value is -3.54. The van der Waals surface area contributed by atoms with Crippen LogP contribution >= 0.6 is 0 Å². The van der Waals surface area contributed by atoms with Crippen LogP contribution in [0.1, 0.15) is 21.5 Å². The van der Waals surface area contributed by atoms with Gasteiger partial charge in [-0.2, -0.15) is 0 Å². The minimum atomic E-state index is -0.265. The van der Waals surface area contributed by atoms with Crippen LogP contribution in [0, 0.1) is 5.82 Å². The van der Waals surface area contributed by atoms with Crippen LogP contribution in [-0.4, -0.2) is 27.4 Å². The molecule has 4 aromatic rings. The zero-order valence-electron chi connectivity index (χ0n) is 15.0. The first-order valence-corrected chi connectivity index (χ1v) is 9.16. The number of halogens is 1. The number of carbonyl (C=O) groups is 1. The predicted octanol–water partition coefficient (Wildman–Crippen LogP) is 3.82. The van der Waals surface area contributed by atoms with Gasteiger partial charge in [0.1, 0.15) is 11.3 Å². The van der Waals surface area contributed by atoms with Gasteiger partial charge in [0.15, 0.2) is 0 Å². The number of aromatic nitrogens is 3. The predicted molar refractivity (Wildman–Crippen MR) is 105 cm³/mol. The van der Waals surface area contributed by atoms with Crippen molar-refractivity contribution in [3.8, 4) is 0 Å². The van der Waals surface area contributed by atoms with Crippen LogP contribution in [0.15, 0.2) is 66.7 Å². The largest absolute Gasteiger partial charge is 0.308 e. The van der Waals surface area contributed by atoms with Gasteiger partial charge in [-0.3, -0.25) is 4.79 Å². The van der Waals surface area contributed by atoms with Crippen molar-refractivity contribution in [3.05, 3.63) is 89.2 Å². The lowest BCUT2D eigenvalue weighted by Gasteiger charge is -2.17. The first kappa shape index (κ1) is 16.6. The van der Waals surface area contributed by atoms with Gasteiger partial charge < -0.3 is 4.90 Å². The van der Waals surface area contributed by atoms with E-state index in [0.717, 1.165) is 23.2 Å². The number of rotatable bonds is 3. The number of fused-ring (bicyclic) bond motifs is 2. The average molecular weight is 372 g/mol. The molecular weight excluding hydrogens is 355 g/mol. The fourth-order valence-electron chi connectivity index (χ4n) is 3.69. The van der Waals surface area contributed by atoms with Gasteiger partial charge in [0.2, 0.25) is 0 Å². The first-order chi connectivity index (χ1) is 13.7. The number of benzene rings is 3. The maximum absolute atomic E-state index is 13.1. The van der Waals surface area contributed by atoms with E-state index in [2.05, 4.69) is 16.4 Å². The van der Waals surface area contributed by atoms with Crippen molar-refractivity contribution in [3.63, 3.8) is 0 Å². The van der Waals surface area contributed by atoms with E-state index in [1.165, 1.54) is 17.7 Å². The Morgan fingerprint density at radius 2 is 1.86 bits per heavy atom. The fourth-order valence-corrected chi connectivity index (χ4v) is 3.69. The Labute approximate surface area is 161 Å². The summed E-state index contributed by atoms with van der Waals surface area (Å²) in [7, 11) is 0. The quantitative estimate of drug-likeness (QED) is 0.549. The fraction of sp³-hybridized carbons (Fsp3) is 0.136. The highest BCUT2D eigenvalue weighted by molar-refractivity contribution is 6.08. The number of anilines is 1. The second kappa shape index (κ2) is 6.56. The molecule has 0 saturated heterocycles. The summed E-state index contributed by atoms with van der Waals surface area (Å²) in [6.45, 7) is 1.18. The highest BCUT2D eigenvalue weighted by Crippen LogP contribution is 2.29. The van der Waals surface area contributed by atoms with Crippen LogP contribution in [0.25, 0.3) is 11.0 Å². The molecule has 0 bridgehead atoms. The van der Waals surface area contributed by atoms with Crippen LogP contribution in [0.5, 0.6) is 0 Å². The van der Waals surface area contributed by atoms with Crippen LogP contribution < -0.4 is 4.90 Å². The van der Waals surface area contributed by atoms with E-state index in [9.17, 15) is 9.18 Å². The summed E-state index contributed by atoms with van der Waals surface area (Å²) in [5.41, 5.74) is 5.21. The van der Waals surface area contributed by atoms with Crippen molar-refractivity contribution in [2.45, 2.75) is 13.0 Å². The molecular formula is C22H17FN4O. The molecule has 2 heterocycles. The van der Waals surface area contributed by atoms with E-state index >= 15 is 0 Å². The van der Waals surface area contributed by atoms with E-state index in [0.29, 0.717) is 24.2 Å². The zero-order chi connectivity index (χ0) is 19.1. The molecule has 0 spiro atoms. The van der Waals surface area contributed by atoms with Gasteiger partial charge in [0.25, 0.3) is 5.91 Å². The first-order valence-electron chi connectivity index (χ1n) is 9.16. The number of carbonyl (C=O) groups excluding carboxylic acids is 1. The summed E-state index contributed by atoms with van der Waals surface area (Å²) in [5, 5.41) is 8.41. The molecule has 0 radical (unpaired) electrons. The van der Waals surface area contributed by atoms with Crippen LogP contribution in [0.2, 0.25) is 0 Å². The third-order valence-corrected chi connectivity index (χ3v) is 5.14. The lowest BCUT2D eigenvalue weighted by atomic mass is 10.1. The number of amides is 1. The molecule has 138 valence electrons. The van der Waals surface area contributed by atoms with Crippen molar-refractivity contribution in [1.82, 2.24) is 15.0 Å². The summed E-state index contributed by atoms with van der Waals surface area (Å²) >= 11 is 0. The summed E-state index contributed by atoms with van der Waals surface area (Å²) < 4.78 is 14.8. The molecule has 3 aromatic carbocycles. The molecule has 1 amide bonds. The number of para-hydroxylation sites is 1.